The van der Waals surface area contributed by atoms with Crippen molar-refractivity contribution in [3.8, 4) is 0 Å². The zero-order chi connectivity index (χ0) is 25.2. The maximum Gasteiger partial charge on any atom is 0.193 e. The lowest BCUT2D eigenvalue weighted by Crippen LogP contribution is -2.22. The molecule has 4 aromatic carbocycles. The largest absolute Gasteiger partial charge is 0.302 e. The van der Waals surface area contributed by atoms with Crippen LogP contribution >= 0.6 is 12.4 Å². The first-order chi connectivity index (χ1) is 17.6. The van der Waals surface area contributed by atoms with Gasteiger partial charge >= 0.3 is 0 Å². The zero-order valence-electron chi connectivity index (χ0n) is 21.8. The predicted octanol–water partition coefficient (Wildman–Crippen LogP) is 6.69. The second kappa shape index (κ2) is 14.5. The molecule has 0 aliphatic carbocycles. The van der Waals surface area contributed by atoms with Gasteiger partial charge in [-0.3, -0.25) is 4.79 Å². The second-order valence-corrected chi connectivity index (χ2v) is 9.59. The highest BCUT2D eigenvalue weighted by molar-refractivity contribution is 6.10. The number of carbonyl (C=O) groups is 1. The van der Waals surface area contributed by atoms with E-state index in [9.17, 15) is 4.79 Å². The maximum absolute atomic E-state index is 13.7. The minimum absolute atomic E-state index is 0. The van der Waals surface area contributed by atoms with Gasteiger partial charge < -0.3 is 9.80 Å². The molecule has 0 unspecified atom stereocenters. The van der Waals surface area contributed by atoms with Crippen LogP contribution in [0.2, 0.25) is 0 Å². The average Bonchev–Trinajstić information content (AvgIpc) is 2.92. The summed E-state index contributed by atoms with van der Waals surface area (Å²) in [7, 11) is 4.28. The van der Waals surface area contributed by atoms with Crippen LogP contribution in [0.25, 0.3) is 0 Å². The maximum atomic E-state index is 13.7. The van der Waals surface area contributed by atoms with Gasteiger partial charge in [0.05, 0.1) is 0 Å². The number of nitrogens with zero attached hydrogens (tertiary/aromatic N) is 2. The van der Waals surface area contributed by atoms with Crippen molar-refractivity contribution in [2.24, 2.45) is 0 Å². The van der Waals surface area contributed by atoms with Gasteiger partial charge in [0.2, 0.25) is 0 Å². The smallest absolute Gasteiger partial charge is 0.193 e. The standard InChI is InChI=1S/C33H36N2O.ClH/c1-34(25-27-13-5-3-6-14-27)23-21-29-17-9-11-19-31(29)33(36)32-20-12-10-18-30(32)22-24-35(2)26-28-15-7-4-8-16-28;/h3-20H,21-26H2,1-2H3;1H. The van der Waals surface area contributed by atoms with Crippen molar-refractivity contribution in [1.29, 1.82) is 0 Å². The van der Waals surface area contributed by atoms with Crippen LogP contribution in [-0.2, 0) is 25.9 Å². The first-order valence-corrected chi connectivity index (χ1v) is 12.8. The Hall–Kier alpha value is -3.24. The van der Waals surface area contributed by atoms with Gasteiger partial charge in [0.25, 0.3) is 0 Å². The van der Waals surface area contributed by atoms with Crippen molar-refractivity contribution in [2.45, 2.75) is 25.9 Å². The first kappa shape index (κ1) is 28.3. The minimum Gasteiger partial charge on any atom is -0.302 e. The Morgan fingerprint density at radius 1 is 0.541 bits per heavy atom. The summed E-state index contributed by atoms with van der Waals surface area (Å²) in [5.74, 6) is 0.123. The van der Waals surface area contributed by atoms with Crippen molar-refractivity contribution in [1.82, 2.24) is 9.80 Å². The van der Waals surface area contributed by atoms with Crippen LogP contribution in [0.3, 0.4) is 0 Å². The highest BCUT2D eigenvalue weighted by Gasteiger charge is 2.17. The Balaban J connectivity index is 0.00000380. The van der Waals surface area contributed by atoms with Gasteiger partial charge in [-0.1, -0.05) is 109 Å². The molecule has 37 heavy (non-hydrogen) atoms. The lowest BCUT2D eigenvalue weighted by atomic mass is 9.92. The van der Waals surface area contributed by atoms with E-state index in [4.69, 9.17) is 0 Å². The SMILES string of the molecule is CN(CCc1ccccc1C(=O)c1ccccc1CCN(C)Cc1ccccc1)Cc1ccccc1.Cl. The van der Waals surface area contributed by atoms with Crippen molar-refractivity contribution in [3.63, 3.8) is 0 Å². The fourth-order valence-corrected chi connectivity index (χ4v) is 4.64. The molecular formula is C33H37ClN2O. The highest BCUT2D eigenvalue weighted by Crippen LogP contribution is 2.20. The minimum atomic E-state index is 0. The number of likely N-dealkylation sites (N-methyl/N-ethyl adjacent to an activating group) is 2. The van der Waals surface area contributed by atoms with Gasteiger partial charge in [-0.15, -0.1) is 12.4 Å². The molecule has 4 heteroatoms. The summed E-state index contributed by atoms with van der Waals surface area (Å²) in [6.45, 7) is 3.59. The van der Waals surface area contributed by atoms with Crippen LogP contribution in [0.4, 0.5) is 0 Å². The fourth-order valence-electron chi connectivity index (χ4n) is 4.64. The fraction of sp³-hybridized carbons (Fsp3) is 0.242. The molecular weight excluding hydrogens is 476 g/mol. The second-order valence-electron chi connectivity index (χ2n) is 9.59. The summed E-state index contributed by atoms with van der Waals surface area (Å²) in [5.41, 5.74) is 6.45. The van der Waals surface area contributed by atoms with Crippen LogP contribution in [0, 0.1) is 0 Å². The molecule has 3 nitrogen and oxygen atoms in total. The van der Waals surface area contributed by atoms with Crippen LogP contribution in [0.15, 0.2) is 109 Å². The van der Waals surface area contributed by atoms with E-state index in [1.165, 1.54) is 11.1 Å². The Bertz CT molecular complexity index is 1150. The van der Waals surface area contributed by atoms with E-state index in [-0.39, 0.29) is 18.2 Å². The topological polar surface area (TPSA) is 23.6 Å². The Kier molecular flexibility index (Phi) is 11.1. The molecule has 0 radical (unpaired) electrons. The van der Waals surface area contributed by atoms with E-state index in [1.807, 2.05) is 48.5 Å². The number of benzene rings is 4. The number of rotatable bonds is 12. The van der Waals surface area contributed by atoms with E-state index in [1.54, 1.807) is 0 Å². The van der Waals surface area contributed by atoms with E-state index < -0.39 is 0 Å². The van der Waals surface area contributed by atoms with Gasteiger partial charge in [-0.25, -0.2) is 0 Å². The molecule has 4 rings (SSSR count). The predicted molar refractivity (Wildman–Crippen MR) is 157 cm³/mol. The lowest BCUT2D eigenvalue weighted by Gasteiger charge is -2.19. The number of ketones is 1. The van der Waals surface area contributed by atoms with Crippen molar-refractivity contribution in [2.75, 3.05) is 27.2 Å². The van der Waals surface area contributed by atoms with E-state index in [0.717, 1.165) is 61.3 Å². The summed E-state index contributed by atoms with van der Waals surface area (Å²) in [6.07, 6.45) is 1.68. The number of hydrogen-bond acceptors (Lipinski definition) is 3. The molecule has 0 N–H and O–H groups in total. The first-order valence-electron chi connectivity index (χ1n) is 12.8. The molecule has 4 aromatic rings. The Labute approximate surface area is 228 Å². The summed E-state index contributed by atoms with van der Waals surface area (Å²) < 4.78 is 0. The van der Waals surface area contributed by atoms with Crippen molar-refractivity contribution < 1.29 is 4.79 Å². The van der Waals surface area contributed by atoms with Gasteiger partial charge in [-0.05, 0) is 49.2 Å². The van der Waals surface area contributed by atoms with Gasteiger partial charge in [0.15, 0.2) is 5.78 Å². The Morgan fingerprint density at radius 2 is 0.892 bits per heavy atom. The molecule has 0 saturated heterocycles. The van der Waals surface area contributed by atoms with E-state index in [0.29, 0.717) is 0 Å². The zero-order valence-corrected chi connectivity index (χ0v) is 22.7. The number of halogens is 1. The molecule has 0 atom stereocenters. The lowest BCUT2D eigenvalue weighted by molar-refractivity contribution is 0.103. The van der Waals surface area contributed by atoms with Crippen LogP contribution in [-0.4, -0.2) is 42.8 Å². The summed E-state index contributed by atoms with van der Waals surface area (Å²) >= 11 is 0. The van der Waals surface area contributed by atoms with Crippen LogP contribution in [0.1, 0.15) is 38.2 Å². The summed E-state index contributed by atoms with van der Waals surface area (Å²) in [6, 6.07) is 37.2. The molecule has 0 spiro atoms. The van der Waals surface area contributed by atoms with E-state index in [2.05, 4.69) is 84.6 Å². The molecule has 0 aliphatic rings. The molecule has 0 heterocycles. The third-order valence-electron chi connectivity index (χ3n) is 6.64. The third kappa shape index (κ3) is 8.40. The summed E-state index contributed by atoms with van der Waals surface area (Å²) in [4.78, 5) is 18.4. The third-order valence-corrected chi connectivity index (χ3v) is 6.64. The highest BCUT2D eigenvalue weighted by atomic mass is 35.5. The van der Waals surface area contributed by atoms with Crippen molar-refractivity contribution in [3.05, 3.63) is 143 Å². The molecule has 0 bridgehead atoms. The number of hydrogen-bond donors (Lipinski definition) is 0. The Morgan fingerprint density at radius 3 is 1.30 bits per heavy atom. The molecule has 0 aromatic heterocycles. The van der Waals surface area contributed by atoms with Crippen LogP contribution in [0.5, 0.6) is 0 Å². The van der Waals surface area contributed by atoms with Gasteiger partial charge in [-0.2, -0.15) is 0 Å². The quantitative estimate of drug-likeness (QED) is 0.198. The summed E-state index contributed by atoms with van der Waals surface area (Å²) in [5, 5.41) is 0. The van der Waals surface area contributed by atoms with Crippen molar-refractivity contribution >= 4 is 18.2 Å². The molecule has 0 fully saturated rings. The molecule has 0 aliphatic heterocycles. The number of carbonyl (C=O) groups excluding carboxylic acids is 1. The molecule has 0 saturated carbocycles. The van der Waals surface area contributed by atoms with Gasteiger partial charge in [0.1, 0.15) is 0 Å². The normalized spacial score (nSPS) is 10.9. The monoisotopic (exact) mass is 512 g/mol. The average molecular weight is 513 g/mol. The van der Waals surface area contributed by atoms with E-state index >= 15 is 0 Å². The molecule has 0 amide bonds. The van der Waals surface area contributed by atoms with Gasteiger partial charge in [0, 0.05) is 37.3 Å². The van der Waals surface area contributed by atoms with Crippen LogP contribution < -0.4 is 0 Å². The molecule has 192 valence electrons.